The van der Waals surface area contributed by atoms with E-state index in [9.17, 15) is 4.79 Å². The Balaban J connectivity index is 1.74. The molecule has 2 rings (SSSR count). The van der Waals surface area contributed by atoms with Crippen LogP contribution in [-0.4, -0.2) is 18.0 Å². The molecule has 0 spiro atoms. The van der Waals surface area contributed by atoms with Crippen molar-refractivity contribution in [1.29, 1.82) is 0 Å². The summed E-state index contributed by atoms with van der Waals surface area (Å²) in [6.45, 7) is 2.24. The number of carbonyl (C=O) groups excluding carboxylic acids is 1. The molecule has 0 amide bonds. The molecule has 1 aliphatic rings. The predicted octanol–water partition coefficient (Wildman–Crippen LogP) is 5.17. The van der Waals surface area contributed by atoms with Crippen LogP contribution in [0.1, 0.15) is 75.1 Å². The highest BCUT2D eigenvalue weighted by Gasteiger charge is 2.24. The Morgan fingerprint density at radius 2 is 1.86 bits per heavy atom. The molecule has 0 N–H and O–H groups in total. The van der Waals surface area contributed by atoms with Crippen molar-refractivity contribution in [2.75, 3.05) is 0 Å². The quantitative estimate of drug-likeness (QED) is 0.487. The van der Waals surface area contributed by atoms with E-state index in [1.807, 2.05) is 30.3 Å². The molecule has 0 unspecified atom stereocenters. The molecule has 0 radical (unpaired) electrons. The fourth-order valence-electron chi connectivity index (χ4n) is 3.09. The Labute approximate surface area is 128 Å². The molecule has 116 valence electrons. The van der Waals surface area contributed by atoms with Crippen LogP contribution >= 0.6 is 0 Å². The lowest BCUT2D eigenvalue weighted by atomic mass is 9.95. The van der Waals surface area contributed by atoms with E-state index >= 15 is 0 Å². The first-order chi connectivity index (χ1) is 10.3. The summed E-state index contributed by atoms with van der Waals surface area (Å²) in [6.07, 6.45) is 10.8. The van der Waals surface area contributed by atoms with Crippen molar-refractivity contribution in [2.24, 2.45) is 0 Å². The molecule has 1 saturated heterocycles. The van der Waals surface area contributed by atoms with Crippen LogP contribution in [0, 0.1) is 0 Å². The van der Waals surface area contributed by atoms with Gasteiger partial charge in [0.15, 0.2) is 5.78 Å². The van der Waals surface area contributed by atoms with Crippen LogP contribution in [0.2, 0.25) is 0 Å². The van der Waals surface area contributed by atoms with Gasteiger partial charge in [-0.25, -0.2) is 0 Å². The minimum atomic E-state index is 0.127. The fourth-order valence-corrected chi connectivity index (χ4v) is 3.09. The van der Waals surface area contributed by atoms with Crippen LogP contribution in [0.15, 0.2) is 30.3 Å². The highest BCUT2D eigenvalue weighted by atomic mass is 16.5. The van der Waals surface area contributed by atoms with Gasteiger partial charge < -0.3 is 4.74 Å². The molecular weight excluding hydrogens is 260 g/mol. The van der Waals surface area contributed by atoms with Crippen LogP contribution < -0.4 is 0 Å². The molecule has 1 aliphatic heterocycles. The minimum absolute atomic E-state index is 0.127. The van der Waals surface area contributed by atoms with Crippen LogP contribution in [0.4, 0.5) is 0 Å². The van der Waals surface area contributed by atoms with Crippen LogP contribution in [-0.2, 0) is 4.74 Å². The summed E-state index contributed by atoms with van der Waals surface area (Å²) in [4.78, 5) is 12.2. The second-order valence-electron chi connectivity index (χ2n) is 6.15. The van der Waals surface area contributed by atoms with Crippen molar-refractivity contribution in [1.82, 2.24) is 0 Å². The van der Waals surface area contributed by atoms with Gasteiger partial charge >= 0.3 is 0 Å². The predicted molar refractivity (Wildman–Crippen MR) is 86.7 cm³/mol. The van der Waals surface area contributed by atoms with E-state index < -0.39 is 0 Å². The van der Waals surface area contributed by atoms with Gasteiger partial charge in [-0.3, -0.25) is 4.79 Å². The van der Waals surface area contributed by atoms with E-state index in [0.717, 1.165) is 18.4 Å². The van der Waals surface area contributed by atoms with Crippen LogP contribution in [0.5, 0.6) is 0 Å². The molecule has 1 aromatic rings. The first-order valence-electron chi connectivity index (χ1n) is 8.53. The second-order valence-corrected chi connectivity index (χ2v) is 6.15. The molecule has 0 aromatic heterocycles. The zero-order chi connectivity index (χ0) is 14.9. The summed E-state index contributed by atoms with van der Waals surface area (Å²) in [5, 5.41) is 0. The lowest BCUT2D eigenvalue weighted by molar-refractivity contribution is -0.0531. The van der Waals surface area contributed by atoms with Gasteiger partial charge in [0.25, 0.3) is 0 Å². The number of rotatable bonds is 8. The van der Waals surface area contributed by atoms with Gasteiger partial charge in [-0.1, -0.05) is 62.9 Å². The van der Waals surface area contributed by atoms with Gasteiger partial charge in [0.1, 0.15) is 0 Å². The molecule has 2 heteroatoms. The molecule has 0 saturated carbocycles. The zero-order valence-corrected chi connectivity index (χ0v) is 13.2. The minimum Gasteiger partial charge on any atom is -0.375 e. The molecule has 2 atom stereocenters. The molecule has 0 bridgehead atoms. The number of hydrogen-bond acceptors (Lipinski definition) is 2. The third kappa shape index (κ3) is 5.62. The van der Waals surface area contributed by atoms with Crippen LogP contribution in [0.3, 0.4) is 0 Å². The topological polar surface area (TPSA) is 26.3 Å². The van der Waals surface area contributed by atoms with Gasteiger partial charge in [-0.2, -0.15) is 0 Å². The molecule has 1 heterocycles. The van der Waals surface area contributed by atoms with Crippen molar-refractivity contribution in [3.05, 3.63) is 35.9 Å². The van der Waals surface area contributed by atoms with Gasteiger partial charge in [0, 0.05) is 12.0 Å². The average molecular weight is 288 g/mol. The summed E-state index contributed by atoms with van der Waals surface area (Å²) < 4.78 is 6.14. The number of hydrogen-bond donors (Lipinski definition) is 0. The van der Waals surface area contributed by atoms with E-state index in [4.69, 9.17) is 4.74 Å². The van der Waals surface area contributed by atoms with E-state index in [2.05, 4.69) is 6.92 Å². The Bertz CT molecular complexity index is 413. The molecule has 0 aliphatic carbocycles. The molecule has 1 aromatic carbocycles. The van der Waals surface area contributed by atoms with E-state index in [-0.39, 0.29) is 11.9 Å². The monoisotopic (exact) mass is 288 g/mol. The summed E-state index contributed by atoms with van der Waals surface area (Å²) >= 11 is 0. The average Bonchev–Trinajstić information content (AvgIpc) is 2.53. The second kappa shape index (κ2) is 8.99. The number of ketones is 1. The maximum atomic E-state index is 12.2. The summed E-state index contributed by atoms with van der Waals surface area (Å²) in [5.74, 6) is 0.215. The highest BCUT2D eigenvalue weighted by Crippen LogP contribution is 2.25. The van der Waals surface area contributed by atoms with E-state index in [1.54, 1.807) is 0 Å². The summed E-state index contributed by atoms with van der Waals surface area (Å²) in [6, 6.07) is 9.58. The summed E-state index contributed by atoms with van der Waals surface area (Å²) in [5.41, 5.74) is 0.811. The standard InChI is InChI=1S/C19H28O2/c1-2-3-4-8-12-17-13-9-14-18(21-17)15-19(20)16-10-6-5-7-11-16/h5-7,10-11,17-18H,2-4,8-9,12-15H2,1H3/t17-,18+/m1/s1. The number of ether oxygens (including phenoxy) is 1. The number of Topliss-reactive ketones (excluding diaryl/α,β-unsaturated/α-hetero) is 1. The lowest BCUT2D eigenvalue weighted by Gasteiger charge is -2.30. The molecule has 1 fully saturated rings. The van der Waals surface area contributed by atoms with E-state index in [1.165, 1.54) is 38.5 Å². The van der Waals surface area contributed by atoms with Crippen molar-refractivity contribution in [3.8, 4) is 0 Å². The Kier molecular flexibility index (Phi) is 6.94. The fraction of sp³-hybridized carbons (Fsp3) is 0.632. The van der Waals surface area contributed by atoms with Crippen molar-refractivity contribution < 1.29 is 9.53 Å². The third-order valence-corrected chi connectivity index (χ3v) is 4.33. The lowest BCUT2D eigenvalue weighted by Crippen LogP contribution is -2.29. The summed E-state index contributed by atoms with van der Waals surface area (Å²) in [7, 11) is 0. The maximum Gasteiger partial charge on any atom is 0.165 e. The molecule has 2 nitrogen and oxygen atoms in total. The number of unbranched alkanes of at least 4 members (excludes halogenated alkanes) is 3. The maximum absolute atomic E-state index is 12.2. The van der Waals surface area contributed by atoms with E-state index in [0.29, 0.717) is 12.5 Å². The first kappa shape index (κ1) is 16.2. The Hall–Kier alpha value is -1.15. The Morgan fingerprint density at radius 1 is 1.10 bits per heavy atom. The number of carbonyl (C=O) groups is 1. The highest BCUT2D eigenvalue weighted by molar-refractivity contribution is 5.96. The van der Waals surface area contributed by atoms with Crippen LogP contribution in [0.25, 0.3) is 0 Å². The SMILES string of the molecule is CCCCCC[C@@H]1CCC[C@@H](CC(=O)c2ccccc2)O1. The smallest absolute Gasteiger partial charge is 0.165 e. The van der Waals surface area contributed by atoms with Gasteiger partial charge in [-0.05, 0) is 25.7 Å². The molecular formula is C19H28O2. The first-order valence-corrected chi connectivity index (χ1v) is 8.53. The molecule has 21 heavy (non-hydrogen) atoms. The number of benzene rings is 1. The largest absolute Gasteiger partial charge is 0.375 e. The van der Waals surface area contributed by atoms with Gasteiger partial charge in [0.05, 0.1) is 12.2 Å². The third-order valence-electron chi connectivity index (χ3n) is 4.33. The van der Waals surface area contributed by atoms with Gasteiger partial charge in [-0.15, -0.1) is 0 Å². The van der Waals surface area contributed by atoms with Crippen molar-refractivity contribution in [3.63, 3.8) is 0 Å². The normalized spacial score (nSPS) is 22.1. The zero-order valence-electron chi connectivity index (χ0n) is 13.2. The Morgan fingerprint density at radius 3 is 2.62 bits per heavy atom. The van der Waals surface area contributed by atoms with Crippen molar-refractivity contribution >= 4 is 5.78 Å². The van der Waals surface area contributed by atoms with Gasteiger partial charge in [0.2, 0.25) is 0 Å². The van der Waals surface area contributed by atoms with Crippen molar-refractivity contribution in [2.45, 2.75) is 76.9 Å².